The third-order valence-corrected chi connectivity index (χ3v) is 5.85. The van der Waals surface area contributed by atoms with E-state index in [1.807, 2.05) is 0 Å². The number of methoxy groups -OCH3 is 1. The predicted molar refractivity (Wildman–Crippen MR) is 62.8 cm³/mol. The first-order valence-electron chi connectivity index (χ1n) is 5.13. The molecule has 7 nitrogen and oxygen atoms in total. The standard InChI is InChI=1S/C9H12N2O5S2/c1-16-8(13)7-9(17-5-10-7)18(14,15)11-2-6(3-11)4-12/h5-6,12H,2-4H2,1H3. The summed E-state index contributed by atoms with van der Waals surface area (Å²) in [5, 5.41) is 8.88. The number of thiazole rings is 1. The summed E-state index contributed by atoms with van der Waals surface area (Å²) in [6.45, 7) is 0.479. The molecule has 0 aliphatic carbocycles. The van der Waals surface area contributed by atoms with Crippen LogP contribution in [-0.4, -0.2) is 55.6 Å². The highest BCUT2D eigenvalue weighted by atomic mass is 32.2. The maximum absolute atomic E-state index is 12.2. The fourth-order valence-electron chi connectivity index (χ4n) is 1.60. The Hall–Kier alpha value is -1.03. The summed E-state index contributed by atoms with van der Waals surface area (Å²) >= 11 is 0.883. The lowest BCUT2D eigenvalue weighted by Gasteiger charge is -2.36. The molecule has 1 aromatic heterocycles. The minimum Gasteiger partial charge on any atom is -0.464 e. The molecular formula is C9H12N2O5S2. The fraction of sp³-hybridized carbons (Fsp3) is 0.556. The minimum atomic E-state index is -3.71. The average Bonchev–Trinajstić information content (AvgIpc) is 2.75. The number of carbonyl (C=O) groups is 1. The van der Waals surface area contributed by atoms with E-state index in [1.165, 1.54) is 16.9 Å². The highest BCUT2D eigenvalue weighted by Gasteiger charge is 2.39. The molecule has 0 spiro atoms. The first-order chi connectivity index (χ1) is 8.50. The molecule has 100 valence electrons. The van der Waals surface area contributed by atoms with Crippen molar-refractivity contribution >= 4 is 27.3 Å². The van der Waals surface area contributed by atoms with Crippen molar-refractivity contribution in [1.82, 2.24) is 9.29 Å². The van der Waals surface area contributed by atoms with E-state index >= 15 is 0 Å². The van der Waals surface area contributed by atoms with Gasteiger partial charge in [0.25, 0.3) is 10.0 Å². The van der Waals surface area contributed by atoms with Crippen molar-refractivity contribution in [2.75, 3.05) is 26.8 Å². The van der Waals surface area contributed by atoms with Crippen molar-refractivity contribution in [1.29, 1.82) is 0 Å². The molecule has 0 saturated carbocycles. The lowest BCUT2D eigenvalue weighted by atomic mass is 10.1. The van der Waals surface area contributed by atoms with Crippen LogP contribution < -0.4 is 0 Å². The van der Waals surface area contributed by atoms with Gasteiger partial charge in [-0.1, -0.05) is 0 Å². The van der Waals surface area contributed by atoms with Crippen LogP contribution in [0.5, 0.6) is 0 Å². The minimum absolute atomic E-state index is 0.0331. The van der Waals surface area contributed by atoms with Gasteiger partial charge < -0.3 is 9.84 Å². The number of sulfonamides is 1. The number of carbonyl (C=O) groups excluding carboxylic acids is 1. The Bertz CT molecular complexity index is 547. The van der Waals surface area contributed by atoms with Crippen LogP contribution >= 0.6 is 11.3 Å². The second-order valence-electron chi connectivity index (χ2n) is 3.85. The Balaban J connectivity index is 2.26. The van der Waals surface area contributed by atoms with Crippen LogP contribution in [0.3, 0.4) is 0 Å². The van der Waals surface area contributed by atoms with Gasteiger partial charge >= 0.3 is 5.97 Å². The lowest BCUT2D eigenvalue weighted by molar-refractivity contribution is 0.0590. The zero-order valence-electron chi connectivity index (χ0n) is 9.57. The van der Waals surface area contributed by atoms with E-state index in [0.717, 1.165) is 11.3 Å². The van der Waals surface area contributed by atoms with Gasteiger partial charge in [-0.3, -0.25) is 0 Å². The first-order valence-corrected chi connectivity index (χ1v) is 7.45. The molecular weight excluding hydrogens is 280 g/mol. The van der Waals surface area contributed by atoms with Gasteiger partial charge in [-0.15, -0.1) is 11.3 Å². The van der Waals surface area contributed by atoms with Crippen molar-refractivity contribution in [3.8, 4) is 0 Å². The van der Waals surface area contributed by atoms with Crippen molar-refractivity contribution < 1.29 is 23.1 Å². The smallest absolute Gasteiger partial charge is 0.358 e. The normalized spacial score (nSPS) is 17.4. The summed E-state index contributed by atoms with van der Waals surface area (Å²) in [6, 6.07) is 0. The molecule has 1 aliphatic rings. The van der Waals surface area contributed by atoms with Crippen LogP contribution in [0.1, 0.15) is 10.5 Å². The van der Waals surface area contributed by atoms with Gasteiger partial charge in [-0.05, 0) is 0 Å². The van der Waals surface area contributed by atoms with Crippen LogP contribution in [0.4, 0.5) is 0 Å². The summed E-state index contributed by atoms with van der Waals surface area (Å²) in [7, 11) is -2.54. The molecule has 2 rings (SSSR count). The zero-order valence-corrected chi connectivity index (χ0v) is 11.2. The van der Waals surface area contributed by atoms with Gasteiger partial charge in [0.1, 0.15) is 0 Å². The number of aromatic nitrogens is 1. The highest BCUT2D eigenvalue weighted by molar-refractivity contribution is 7.91. The average molecular weight is 292 g/mol. The third kappa shape index (κ3) is 2.14. The Kier molecular flexibility index (Phi) is 3.66. The largest absolute Gasteiger partial charge is 0.464 e. The van der Waals surface area contributed by atoms with Gasteiger partial charge in [0, 0.05) is 25.6 Å². The molecule has 1 fully saturated rings. The second kappa shape index (κ2) is 4.92. The van der Waals surface area contributed by atoms with E-state index in [-0.39, 0.29) is 35.5 Å². The van der Waals surface area contributed by atoms with Gasteiger partial charge in [0.05, 0.1) is 12.6 Å². The van der Waals surface area contributed by atoms with E-state index in [1.54, 1.807) is 0 Å². The molecule has 0 bridgehead atoms. The van der Waals surface area contributed by atoms with Crippen molar-refractivity contribution in [2.45, 2.75) is 4.21 Å². The summed E-state index contributed by atoms with van der Waals surface area (Å²) in [5.41, 5.74) is 1.11. The summed E-state index contributed by atoms with van der Waals surface area (Å²) in [6.07, 6.45) is 0. The number of esters is 1. The Labute approximate surface area is 108 Å². The maximum Gasteiger partial charge on any atom is 0.358 e. The summed E-state index contributed by atoms with van der Waals surface area (Å²) in [4.78, 5) is 15.1. The van der Waals surface area contributed by atoms with E-state index < -0.39 is 16.0 Å². The molecule has 2 heterocycles. The monoisotopic (exact) mass is 292 g/mol. The quantitative estimate of drug-likeness (QED) is 0.754. The molecule has 18 heavy (non-hydrogen) atoms. The molecule has 0 aromatic carbocycles. The number of rotatable bonds is 4. The number of aliphatic hydroxyl groups excluding tert-OH is 1. The lowest BCUT2D eigenvalue weighted by Crippen LogP contribution is -2.51. The van der Waals surface area contributed by atoms with Gasteiger partial charge in [0.15, 0.2) is 9.90 Å². The maximum atomic E-state index is 12.2. The van der Waals surface area contributed by atoms with E-state index in [0.29, 0.717) is 0 Å². The molecule has 0 amide bonds. The van der Waals surface area contributed by atoms with E-state index in [4.69, 9.17) is 5.11 Å². The number of aliphatic hydroxyl groups is 1. The van der Waals surface area contributed by atoms with Crippen LogP contribution in [0.2, 0.25) is 0 Å². The van der Waals surface area contributed by atoms with Crippen molar-refractivity contribution in [2.24, 2.45) is 5.92 Å². The number of nitrogens with zero attached hydrogens (tertiary/aromatic N) is 2. The highest BCUT2D eigenvalue weighted by Crippen LogP contribution is 2.29. The molecule has 9 heteroatoms. The number of hydrogen-bond donors (Lipinski definition) is 1. The molecule has 0 atom stereocenters. The summed E-state index contributed by atoms with van der Waals surface area (Å²) in [5.74, 6) is -0.802. The van der Waals surface area contributed by atoms with Gasteiger partial charge in [0.2, 0.25) is 0 Å². The molecule has 1 N–H and O–H groups in total. The molecule has 0 unspecified atom stereocenters. The molecule has 1 aromatic rings. The SMILES string of the molecule is COC(=O)c1ncsc1S(=O)(=O)N1CC(CO)C1. The fourth-order valence-corrected chi connectivity index (χ4v) is 4.46. The topological polar surface area (TPSA) is 96.8 Å². The Morgan fingerprint density at radius 2 is 2.33 bits per heavy atom. The van der Waals surface area contributed by atoms with Crippen LogP contribution in [0.25, 0.3) is 0 Å². The number of hydrogen-bond acceptors (Lipinski definition) is 7. The molecule has 0 radical (unpaired) electrons. The zero-order chi connectivity index (χ0) is 13.3. The van der Waals surface area contributed by atoms with Crippen LogP contribution in [-0.2, 0) is 14.8 Å². The van der Waals surface area contributed by atoms with Crippen LogP contribution in [0.15, 0.2) is 9.72 Å². The van der Waals surface area contributed by atoms with E-state index in [2.05, 4.69) is 9.72 Å². The van der Waals surface area contributed by atoms with Crippen LogP contribution in [0, 0.1) is 5.92 Å². The molecule has 1 aliphatic heterocycles. The van der Waals surface area contributed by atoms with E-state index in [9.17, 15) is 13.2 Å². The first kappa shape index (κ1) is 13.4. The Morgan fingerprint density at radius 3 is 2.89 bits per heavy atom. The third-order valence-electron chi connectivity index (χ3n) is 2.67. The summed E-state index contributed by atoms with van der Waals surface area (Å²) < 4.78 is 30.0. The van der Waals surface area contributed by atoms with Crippen molar-refractivity contribution in [3.63, 3.8) is 0 Å². The van der Waals surface area contributed by atoms with Gasteiger partial charge in [-0.2, -0.15) is 4.31 Å². The second-order valence-corrected chi connectivity index (χ2v) is 6.84. The van der Waals surface area contributed by atoms with Crippen molar-refractivity contribution in [3.05, 3.63) is 11.2 Å². The molecule has 1 saturated heterocycles. The number of ether oxygens (including phenoxy) is 1. The Morgan fingerprint density at radius 1 is 1.67 bits per heavy atom. The predicted octanol–water partition coefficient (Wildman–Crippen LogP) is -0.457. The van der Waals surface area contributed by atoms with Gasteiger partial charge in [-0.25, -0.2) is 18.2 Å².